The number of nitriles is 1. The van der Waals surface area contributed by atoms with E-state index >= 15 is 0 Å². The molecule has 4 nitrogen and oxygen atoms in total. The molecule has 3 rings (SSSR count). The van der Waals surface area contributed by atoms with Crippen LogP contribution >= 0.6 is 0 Å². The lowest BCUT2D eigenvalue weighted by atomic mass is 10.1. The van der Waals surface area contributed by atoms with E-state index in [0.717, 1.165) is 22.4 Å². The standard InChI is InChI=1S/C17H16N4/c1-12(19)17-20-15-7-2-3-8-16(15)21(17)11-14-6-4-5-13(9-14)10-18/h2-9,12H,11,19H2,1H3. The fourth-order valence-corrected chi connectivity index (χ4v) is 2.53. The summed E-state index contributed by atoms with van der Waals surface area (Å²) < 4.78 is 2.12. The molecule has 0 radical (unpaired) electrons. The van der Waals surface area contributed by atoms with Gasteiger partial charge in [-0.2, -0.15) is 5.26 Å². The summed E-state index contributed by atoms with van der Waals surface area (Å²) in [6.07, 6.45) is 0. The van der Waals surface area contributed by atoms with Crippen LogP contribution < -0.4 is 5.73 Å². The van der Waals surface area contributed by atoms with E-state index < -0.39 is 0 Å². The fourth-order valence-electron chi connectivity index (χ4n) is 2.53. The summed E-state index contributed by atoms with van der Waals surface area (Å²) in [7, 11) is 0. The summed E-state index contributed by atoms with van der Waals surface area (Å²) in [5.41, 5.74) is 9.79. The van der Waals surface area contributed by atoms with Gasteiger partial charge in [0.2, 0.25) is 0 Å². The van der Waals surface area contributed by atoms with E-state index in [0.29, 0.717) is 12.1 Å². The maximum atomic E-state index is 9.01. The fraction of sp³-hybridized carbons (Fsp3) is 0.176. The molecule has 0 spiro atoms. The van der Waals surface area contributed by atoms with Gasteiger partial charge in [-0.1, -0.05) is 24.3 Å². The van der Waals surface area contributed by atoms with Gasteiger partial charge in [0.15, 0.2) is 0 Å². The zero-order valence-corrected chi connectivity index (χ0v) is 11.8. The van der Waals surface area contributed by atoms with Crippen LogP contribution in [-0.4, -0.2) is 9.55 Å². The highest BCUT2D eigenvalue weighted by Gasteiger charge is 2.13. The molecule has 2 N–H and O–H groups in total. The number of rotatable bonds is 3. The molecule has 0 bridgehead atoms. The van der Waals surface area contributed by atoms with Crippen LogP contribution in [0, 0.1) is 11.3 Å². The minimum Gasteiger partial charge on any atom is -0.322 e. The Morgan fingerprint density at radius 2 is 2.05 bits per heavy atom. The van der Waals surface area contributed by atoms with Gasteiger partial charge in [0, 0.05) is 6.54 Å². The lowest BCUT2D eigenvalue weighted by Crippen LogP contribution is -2.14. The summed E-state index contributed by atoms with van der Waals surface area (Å²) >= 11 is 0. The number of imidazole rings is 1. The van der Waals surface area contributed by atoms with E-state index in [-0.39, 0.29) is 6.04 Å². The maximum absolute atomic E-state index is 9.01. The highest BCUT2D eigenvalue weighted by molar-refractivity contribution is 5.76. The Hall–Kier alpha value is -2.64. The summed E-state index contributed by atoms with van der Waals surface area (Å²) in [6.45, 7) is 2.59. The molecule has 3 aromatic rings. The lowest BCUT2D eigenvalue weighted by Gasteiger charge is -2.11. The van der Waals surface area contributed by atoms with Gasteiger partial charge in [-0.05, 0) is 36.8 Å². The normalized spacial score (nSPS) is 12.2. The van der Waals surface area contributed by atoms with Gasteiger partial charge < -0.3 is 10.3 Å². The van der Waals surface area contributed by atoms with Crippen LogP contribution in [0.3, 0.4) is 0 Å². The number of benzene rings is 2. The van der Waals surface area contributed by atoms with Crippen molar-refractivity contribution in [1.29, 1.82) is 5.26 Å². The number of hydrogen-bond acceptors (Lipinski definition) is 3. The molecule has 4 heteroatoms. The molecule has 2 aromatic carbocycles. The third-order valence-electron chi connectivity index (χ3n) is 3.49. The van der Waals surface area contributed by atoms with Crippen LogP contribution in [-0.2, 0) is 6.54 Å². The minimum absolute atomic E-state index is 0.142. The lowest BCUT2D eigenvalue weighted by molar-refractivity contribution is 0.664. The largest absolute Gasteiger partial charge is 0.322 e. The summed E-state index contributed by atoms with van der Waals surface area (Å²) in [5, 5.41) is 9.01. The molecule has 1 atom stereocenters. The third kappa shape index (κ3) is 2.51. The SMILES string of the molecule is CC(N)c1nc2ccccc2n1Cc1cccc(C#N)c1. The quantitative estimate of drug-likeness (QED) is 0.799. The van der Waals surface area contributed by atoms with Gasteiger partial charge in [-0.25, -0.2) is 4.98 Å². The van der Waals surface area contributed by atoms with Crippen LogP contribution in [0.1, 0.15) is 29.9 Å². The molecular formula is C17H16N4. The number of hydrogen-bond donors (Lipinski definition) is 1. The van der Waals surface area contributed by atoms with E-state index in [1.165, 1.54) is 0 Å². The highest BCUT2D eigenvalue weighted by Crippen LogP contribution is 2.21. The zero-order chi connectivity index (χ0) is 14.8. The van der Waals surface area contributed by atoms with Crippen molar-refractivity contribution in [3.8, 4) is 6.07 Å². The maximum Gasteiger partial charge on any atom is 0.126 e. The Morgan fingerprint density at radius 1 is 1.24 bits per heavy atom. The van der Waals surface area contributed by atoms with Crippen LogP contribution in [0.15, 0.2) is 48.5 Å². The first-order valence-electron chi connectivity index (χ1n) is 6.89. The first-order valence-corrected chi connectivity index (χ1v) is 6.89. The molecule has 21 heavy (non-hydrogen) atoms. The number of aromatic nitrogens is 2. The first-order chi connectivity index (χ1) is 10.2. The van der Waals surface area contributed by atoms with Crippen molar-refractivity contribution in [2.45, 2.75) is 19.5 Å². The Balaban J connectivity index is 2.10. The minimum atomic E-state index is -0.142. The predicted octanol–water partition coefficient (Wildman–Crippen LogP) is 2.98. The first kappa shape index (κ1) is 13.3. The monoisotopic (exact) mass is 276 g/mol. The molecule has 1 unspecified atom stereocenters. The number of nitrogens with two attached hydrogens (primary N) is 1. The van der Waals surface area contributed by atoms with Crippen molar-refractivity contribution in [2.75, 3.05) is 0 Å². The molecule has 0 saturated heterocycles. The van der Waals surface area contributed by atoms with Crippen molar-refractivity contribution in [3.05, 3.63) is 65.5 Å². The van der Waals surface area contributed by atoms with Crippen LogP contribution in [0.2, 0.25) is 0 Å². The number of fused-ring (bicyclic) bond motifs is 1. The molecule has 1 aromatic heterocycles. The van der Waals surface area contributed by atoms with Crippen molar-refractivity contribution in [1.82, 2.24) is 9.55 Å². The molecular weight excluding hydrogens is 260 g/mol. The molecule has 1 heterocycles. The third-order valence-corrected chi connectivity index (χ3v) is 3.49. The molecule has 0 aliphatic rings. The van der Waals surface area contributed by atoms with Gasteiger partial charge in [-0.15, -0.1) is 0 Å². The van der Waals surface area contributed by atoms with E-state index in [4.69, 9.17) is 11.0 Å². The van der Waals surface area contributed by atoms with Crippen molar-refractivity contribution in [2.24, 2.45) is 5.73 Å². The summed E-state index contributed by atoms with van der Waals surface area (Å²) in [6, 6.07) is 17.7. The molecule has 0 amide bonds. The van der Waals surface area contributed by atoms with Crippen molar-refractivity contribution < 1.29 is 0 Å². The molecule has 0 aliphatic heterocycles. The van der Waals surface area contributed by atoms with Gasteiger partial charge in [-0.3, -0.25) is 0 Å². The molecule has 0 fully saturated rings. The van der Waals surface area contributed by atoms with Crippen LogP contribution in [0.5, 0.6) is 0 Å². The summed E-state index contributed by atoms with van der Waals surface area (Å²) in [5.74, 6) is 0.860. The smallest absolute Gasteiger partial charge is 0.126 e. The van der Waals surface area contributed by atoms with E-state index in [1.807, 2.05) is 55.5 Å². The molecule has 104 valence electrons. The molecule has 0 saturated carbocycles. The Bertz CT molecular complexity index is 824. The Kier molecular flexibility index (Phi) is 3.43. The predicted molar refractivity (Wildman–Crippen MR) is 82.6 cm³/mol. The topological polar surface area (TPSA) is 67.6 Å². The van der Waals surface area contributed by atoms with Gasteiger partial charge >= 0.3 is 0 Å². The number of nitrogens with zero attached hydrogens (tertiary/aromatic N) is 3. The average Bonchev–Trinajstić information content (AvgIpc) is 2.87. The highest BCUT2D eigenvalue weighted by atomic mass is 15.1. The van der Waals surface area contributed by atoms with E-state index in [9.17, 15) is 0 Å². The second kappa shape index (κ2) is 5.39. The zero-order valence-electron chi connectivity index (χ0n) is 11.8. The Labute approximate surface area is 123 Å². The van der Waals surface area contributed by atoms with Gasteiger partial charge in [0.1, 0.15) is 5.82 Å². The van der Waals surface area contributed by atoms with Gasteiger partial charge in [0.25, 0.3) is 0 Å². The summed E-state index contributed by atoms with van der Waals surface area (Å²) in [4.78, 5) is 4.62. The van der Waals surface area contributed by atoms with Crippen LogP contribution in [0.25, 0.3) is 11.0 Å². The van der Waals surface area contributed by atoms with Gasteiger partial charge in [0.05, 0.1) is 28.7 Å². The second-order valence-electron chi connectivity index (χ2n) is 5.15. The van der Waals surface area contributed by atoms with E-state index in [2.05, 4.69) is 15.6 Å². The van der Waals surface area contributed by atoms with Crippen LogP contribution in [0.4, 0.5) is 0 Å². The Morgan fingerprint density at radius 3 is 2.81 bits per heavy atom. The molecule has 0 aliphatic carbocycles. The van der Waals surface area contributed by atoms with E-state index in [1.54, 1.807) is 0 Å². The number of para-hydroxylation sites is 2. The van der Waals surface area contributed by atoms with Crippen molar-refractivity contribution in [3.63, 3.8) is 0 Å². The average molecular weight is 276 g/mol. The van der Waals surface area contributed by atoms with Crippen molar-refractivity contribution >= 4 is 11.0 Å². The second-order valence-corrected chi connectivity index (χ2v) is 5.15.